The maximum absolute atomic E-state index is 9.27. The van der Waals surface area contributed by atoms with Gasteiger partial charge in [-0.15, -0.1) is 0 Å². The van der Waals surface area contributed by atoms with Crippen LogP contribution in [0.1, 0.15) is 0 Å². The Morgan fingerprint density at radius 3 is 2.33 bits per heavy atom. The highest BCUT2D eigenvalue weighted by Crippen LogP contribution is 1.64. The standard InChI is InChI=1S/H3NO4S/c2-1-5-6(3)4/h1-2H,(H,3,4). The maximum atomic E-state index is 9.27. The second-order valence-electron chi connectivity index (χ2n) is 0.392. The number of rotatable bonds is 2. The first-order valence-electron chi connectivity index (χ1n) is 0.944. The van der Waals surface area contributed by atoms with Crippen LogP contribution in [0.25, 0.3) is 0 Å². The van der Waals surface area contributed by atoms with Crippen LogP contribution in [-0.4, -0.2) is 14.0 Å². The molecule has 6 heavy (non-hydrogen) atoms. The Bertz CT molecular complexity index is 51.5. The molecule has 0 aromatic carbocycles. The highest BCUT2D eigenvalue weighted by molar-refractivity contribution is 7.74. The minimum atomic E-state index is -2.43. The molecule has 1 atom stereocenters. The van der Waals surface area contributed by atoms with E-state index in [2.05, 4.69) is 4.28 Å². The lowest BCUT2D eigenvalue weighted by Gasteiger charge is -1.85. The van der Waals surface area contributed by atoms with Gasteiger partial charge >= 0.3 is 11.4 Å². The van der Waals surface area contributed by atoms with Crippen molar-refractivity contribution in [1.29, 1.82) is 0 Å². The summed E-state index contributed by atoms with van der Waals surface area (Å²) in [4.78, 5) is 0. The fourth-order valence-electron chi connectivity index (χ4n) is 0.0319. The highest BCUT2D eigenvalue weighted by atomic mass is 32.2. The molecule has 3 N–H and O–H groups in total. The smallest absolute Gasteiger partial charge is 0.291 e. The van der Waals surface area contributed by atoms with E-state index < -0.39 is 11.4 Å². The SMILES string of the molecule is O=S(O)ONO. The van der Waals surface area contributed by atoms with Gasteiger partial charge in [0.25, 0.3) is 0 Å². The molecule has 0 heterocycles. The molecule has 0 aliphatic carbocycles. The Hall–Kier alpha value is -0.0100. The summed E-state index contributed by atoms with van der Waals surface area (Å²) >= 11 is -2.43. The molecule has 0 spiro atoms. The third kappa shape index (κ3) is 3.99. The molecular weight excluding hydrogens is 110 g/mol. The van der Waals surface area contributed by atoms with E-state index in [1.54, 1.807) is 0 Å². The second kappa shape index (κ2) is 3.19. The largest absolute Gasteiger partial charge is 0.321 e. The van der Waals surface area contributed by atoms with Crippen LogP contribution >= 0.6 is 0 Å². The molecule has 0 aromatic rings. The lowest BCUT2D eigenvalue weighted by atomic mass is 13.3. The summed E-state index contributed by atoms with van der Waals surface area (Å²) in [6, 6.07) is 0. The van der Waals surface area contributed by atoms with Gasteiger partial charge in [0.2, 0.25) is 0 Å². The highest BCUT2D eigenvalue weighted by Gasteiger charge is 1.83. The topological polar surface area (TPSA) is 78.8 Å². The lowest BCUT2D eigenvalue weighted by Crippen LogP contribution is -2.09. The number of hydrogen-bond acceptors (Lipinski definition) is 4. The minimum Gasteiger partial charge on any atom is -0.291 e. The Kier molecular flexibility index (Phi) is 3.19. The average molecular weight is 113 g/mol. The Morgan fingerprint density at radius 1 is 1.83 bits per heavy atom. The third-order valence-electron chi connectivity index (χ3n) is 0.109. The molecule has 0 amide bonds. The summed E-state index contributed by atoms with van der Waals surface area (Å²) in [6.45, 7) is 0. The van der Waals surface area contributed by atoms with Gasteiger partial charge in [0.15, 0.2) is 0 Å². The fourth-order valence-corrected chi connectivity index (χ4v) is 0.0956. The van der Waals surface area contributed by atoms with Gasteiger partial charge < -0.3 is 0 Å². The van der Waals surface area contributed by atoms with E-state index in [-0.39, 0.29) is 0 Å². The lowest BCUT2D eigenvalue weighted by molar-refractivity contribution is -0.0391. The molecule has 0 rings (SSSR count). The van der Waals surface area contributed by atoms with Gasteiger partial charge in [-0.3, -0.25) is 9.76 Å². The van der Waals surface area contributed by atoms with Crippen molar-refractivity contribution in [3.05, 3.63) is 0 Å². The molecule has 0 saturated carbocycles. The van der Waals surface area contributed by atoms with E-state index in [0.717, 1.165) is 5.64 Å². The van der Waals surface area contributed by atoms with Crippen LogP contribution in [0.2, 0.25) is 0 Å². The van der Waals surface area contributed by atoms with Crippen LogP contribution in [0.4, 0.5) is 0 Å². The predicted molar refractivity (Wildman–Crippen MR) is 16.8 cm³/mol. The van der Waals surface area contributed by atoms with Gasteiger partial charge in [0.05, 0.1) is 0 Å². The minimum absolute atomic E-state index is 1.02. The predicted octanol–water partition coefficient (Wildman–Crippen LogP) is -0.966. The summed E-state index contributed by atoms with van der Waals surface area (Å²) in [6.07, 6.45) is 0. The van der Waals surface area contributed by atoms with Gasteiger partial charge in [-0.05, 0) is 0 Å². The van der Waals surface area contributed by atoms with Crippen molar-refractivity contribution in [2.45, 2.75) is 0 Å². The van der Waals surface area contributed by atoms with Gasteiger partial charge in [0, 0.05) is 0 Å². The molecule has 5 nitrogen and oxygen atoms in total. The summed E-state index contributed by atoms with van der Waals surface area (Å²) < 4.78 is 20.2. The normalized spacial score (nSPS) is 14.3. The van der Waals surface area contributed by atoms with Crippen LogP contribution in [0.15, 0.2) is 0 Å². The van der Waals surface area contributed by atoms with Crippen molar-refractivity contribution in [1.82, 2.24) is 5.64 Å². The fraction of sp³-hybridized carbons (Fsp3) is 0. The zero-order valence-corrected chi connectivity index (χ0v) is 3.44. The van der Waals surface area contributed by atoms with Crippen molar-refractivity contribution >= 4 is 11.4 Å². The molecule has 0 aliphatic rings. The van der Waals surface area contributed by atoms with Crippen LogP contribution < -0.4 is 5.64 Å². The van der Waals surface area contributed by atoms with Crippen LogP contribution in [0.3, 0.4) is 0 Å². The molecule has 0 saturated heterocycles. The van der Waals surface area contributed by atoms with E-state index in [9.17, 15) is 4.21 Å². The van der Waals surface area contributed by atoms with Crippen molar-refractivity contribution in [3.8, 4) is 0 Å². The van der Waals surface area contributed by atoms with E-state index in [1.165, 1.54) is 0 Å². The van der Waals surface area contributed by atoms with Crippen LogP contribution in [0, 0.1) is 0 Å². The molecule has 0 radical (unpaired) electrons. The third-order valence-corrected chi connectivity index (χ3v) is 0.326. The molecule has 0 bridgehead atoms. The van der Waals surface area contributed by atoms with E-state index in [1.807, 2.05) is 0 Å². The average Bonchev–Trinajstić information content (AvgIpc) is 1.35. The van der Waals surface area contributed by atoms with E-state index >= 15 is 0 Å². The van der Waals surface area contributed by atoms with Crippen LogP contribution in [-0.2, 0) is 15.6 Å². The Labute approximate surface area is 36.3 Å². The van der Waals surface area contributed by atoms with Gasteiger partial charge in [-0.2, -0.15) is 8.49 Å². The van der Waals surface area contributed by atoms with Crippen molar-refractivity contribution in [3.63, 3.8) is 0 Å². The quantitative estimate of drug-likeness (QED) is 0.317. The van der Waals surface area contributed by atoms with E-state index in [0.29, 0.717) is 0 Å². The first kappa shape index (κ1) is 5.99. The summed E-state index contributed by atoms with van der Waals surface area (Å²) in [5.74, 6) is 0. The van der Waals surface area contributed by atoms with Crippen LogP contribution in [0.5, 0.6) is 0 Å². The molecule has 38 valence electrons. The van der Waals surface area contributed by atoms with Crippen molar-refractivity contribution in [2.24, 2.45) is 0 Å². The van der Waals surface area contributed by atoms with Gasteiger partial charge in [-0.1, -0.05) is 5.64 Å². The zero-order valence-electron chi connectivity index (χ0n) is 2.62. The number of nitrogens with one attached hydrogen (secondary N) is 1. The Morgan fingerprint density at radius 2 is 2.33 bits per heavy atom. The zero-order chi connectivity index (χ0) is 4.99. The van der Waals surface area contributed by atoms with Crippen molar-refractivity contribution in [2.75, 3.05) is 0 Å². The van der Waals surface area contributed by atoms with Gasteiger partial charge in [-0.25, -0.2) is 0 Å². The van der Waals surface area contributed by atoms with E-state index in [4.69, 9.17) is 9.76 Å². The maximum Gasteiger partial charge on any atom is 0.321 e. The summed E-state index contributed by atoms with van der Waals surface area (Å²) in [7, 11) is 0. The first-order valence-corrected chi connectivity index (χ1v) is 1.98. The monoisotopic (exact) mass is 113 g/mol. The first-order chi connectivity index (χ1) is 2.77. The molecule has 0 aliphatic heterocycles. The molecule has 6 heteroatoms. The number of hydrogen-bond donors (Lipinski definition) is 3. The van der Waals surface area contributed by atoms with Gasteiger partial charge in [0.1, 0.15) is 0 Å². The molecule has 0 aromatic heterocycles. The Balaban J connectivity index is 2.83. The molecule has 1 unspecified atom stereocenters. The molecule has 0 fully saturated rings. The molecular formula is H3NO4S. The summed E-state index contributed by atoms with van der Waals surface area (Å²) in [5.41, 5.74) is 1.02. The van der Waals surface area contributed by atoms with Crippen molar-refractivity contribution < 1.29 is 18.3 Å². The second-order valence-corrected chi connectivity index (χ2v) is 0.993. The summed E-state index contributed by atoms with van der Waals surface area (Å²) in [5, 5.41) is 7.41.